The van der Waals surface area contributed by atoms with E-state index in [1.165, 1.54) is 0 Å². The Balaban J connectivity index is 2.32. The molecule has 0 N–H and O–H groups in total. The first kappa shape index (κ1) is 11.8. The topological polar surface area (TPSA) is 17.1 Å². The molecule has 16 heavy (non-hydrogen) atoms. The third-order valence-corrected chi connectivity index (χ3v) is 5.50. The summed E-state index contributed by atoms with van der Waals surface area (Å²) in [6, 6.07) is 14.2. The van der Waals surface area contributed by atoms with Crippen LogP contribution in [0.25, 0.3) is 0 Å². The van der Waals surface area contributed by atoms with Crippen molar-refractivity contribution in [1.82, 2.24) is 0 Å². The molecule has 0 aromatic heterocycles. The molecular weight excluding hydrogens is 310 g/mol. The Hall–Kier alpha value is -0.661. The van der Waals surface area contributed by atoms with Gasteiger partial charge in [-0.15, -0.1) is 0 Å². The van der Waals surface area contributed by atoms with E-state index < -0.39 is 13.8 Å². The Bertz CT molecular complexity index is 458. The van der Waals surface area contributed by atoms with Gasteiger partial charge in [-0.25, -0.2) is 0 Å². The monoisotopic (exact) mass is 318 g/mol. The van der Waals surface area contributed by atoms with E-state index in [1.807, 2.05) is 0 Å². The normalized spacial score (nSPS) is 10.7. The van der Waals surface area contributed by atoms with Gasteiger partial charge in [-0.1, -0.05) is 0 Å². The predicted octanol–water partition coefficient (Wildman–Crippen LogP) is 2.53. The van der Waals surface area contributed by atoms with Crippen LogP contribution < -0.4 is 8.92 Å². The van der Waals surface area contributed by atoms with Crippen molar-refractivity contribution in [2.24, 2.45) is 0 Å². The molecular formula is C12H8Cl2OSe. The number of hydrogen-bond donors (Lipinski definition) is 0. The summed E-state index contributed by atoms with van der Waals surface area (Å²) >= 11 is 9.37. The zero-order valence-electron chi connectivity index (χ0n) is 8.19. The summed E-state index contributed by atoms with van der Waals surface area (Å²) in [7, 11) is 0. The van der Waals surface area contributed by atoms with Gasteiger partial charge in [0.2, 0.25) is 0 Å². The molecule has 0 saturated heterocycles. The molecule has 82 valence electrons. The number of hydrogen-bond acceptors (Lipinski definition) is 1. The van der Waals surface area contributed by atoms with Gasteiger partial charge < -0.3 is 0 Å². The Labute approximate surface area is 108 Å². The number of rotatable bonds is 2. The molecule has 0 saturated carbocycles. The van der Waals surface area contributed by atoms with E-state index in [0.717, 1.165) is 8.92 Å². The van der Waals surface area contributed by atoms with Crippen molar-refractivity contribution < 1.29 is 3.83 Å². The third kappa shape index (κ3) is 2.72. The minimum absolute atomic E-state index is 0.652. The van der Waals surface area contributed by atoms with Crippen LogP contribution in [0, 0.1) is 0 Å². The Morgan fingerprint density at radius 3 is 1.31 bits per heavy atom. The summed E-state index contributed by atoms with van der Waals surface area (Å²) in [6.07, 6.45) is 0. The zero-order chi connectivity index (χ0) is 11.5. The van der Waals surface area contributed by atoms with Crippen LogP contribution >= 0.6 is 23.2 Å². The van der Waals surface area contributed by atoms with Crippen LogP contribution in [0.15, 0.2) is 48.5 Å². The van der Waals surface area contributed by atoms with Gasteiger partial charge in [-0.3, -0.25) is 0 Å². The fourth-order valence-corrected chi connectivity index (χ4v) is 3.68. The quantitative estimate of drug-likeness (QED) is 0.778. The van der Waals surface area contributed by atoms with Crippen molar-refractivity contribution in [3.63, 3.8) is 0 Å². The molecule has 0 fully saturated rings. The Morgan fingerprint density at radius 2 is 1.00 bits per heavy atom. The molecule has 0 amide bonds. The summed E-state index contributed by atoms with van der Waals surface area (Å²) in [5.74, 6) is 0. The second kappa shape index (κ2) is 5.11. The summed E-state index contributed by atoms with van der Waals surface area (Å²) < 4.78 is 13.8. The van der Waals surface area contributed by atoms with Crippen molar-refractivity contribution in [2.75, 3.05) is 0 Å². The van der Waals surface area contributed by atoms with Crippen molar-refractivity contribution in [3.8, 4) is 0 Å². The maximum absolute atomic E-state index is 12.2. The van der Waals surface area contributed by atoms with Gasteiger partial charge in [0.1, 0.15) is 0 Å². The minimum atomic E-state index is -2.18. The molecule has 0 bridgehead atoms. The zero-order valence-corrected chi connectivity index (χ0v) is 11.4. The van der Waals surface area contributed by atoms with Gasteiger partial charge in [0.05, 0.1) is 0 Å². The number of halogens is 2. The molecule has 2 rings (SSSR count). The maximum atomic E-state index is 12.2. The molecule has 0 aliphatic carbocycles. The van der Waals surface area contributed by atoms with Gasteiger partial charge >= 0.3 is 108 Å². The molecule has 4 heteroatoms. The van der Waals surface area contributed by atoms with E-state index in [2.05, 4.69) is 0 Å². The first-order valence-electron chi connectivity index (χ1n) is 4.60. The number of benzene rings is 2. The molecule has 0 aliphatic rings. The van der Waals surface area contributed by atoms with Crippen LogP contribution in [-0.2, 0) is 3.83 Å². The van der Waals surface area contributed by atoms with Crippen LogP contribution in [0.4, 0.5) is 0 Å². The average Bonchev–Trinajstić information content (AvgIpc) is 2.30. The van der Waals surface area contributed by atoms with Crippen LogP contribution in [0.5, 0.6) is 0 Å². The van der Waals surface area contributed by atoms with Crippen LogP contribution in [0.2, 0.25) is 10.0 Å². The van der Waals surface area contributed by atoms with E-state index in [1.54, 1.807) is 48.5 Å². The fourth-order valence-electron chi connectivity index (χ4n) is 1.25. The molecule has 0 radical (unpaired) electrons. The molecule has 2 aromatic carbocycles. The van der Waals surface area contributed by atoms with Crippen LogP contribution in [0.3, 0.4) is 0 Å². The van der Waals surface area contributed by atoms with Gasteiger partial charge in [0.15, 0.2) is 0 Å². The predicted molar refractivity (Wildman–Crippen MR) is 68.6 cm³/mol. The molecule has 0 unspecified atom stereocenters. The van der Waals surface area contributed by atoms with Gasteiger partial charge in [0.25, 0.3) is 0 Å². The van der Waals surface area contributed by atoms with Crippen LogP contribution in [-0.4, -0.2) is 13.8 Å². The third-order valence-electron chi connectivity index (χ3n) is 2.06. The summed E-state index contributed by atoms with van der Waals surface area (Å²) in [6.45, 7) is 0. The van der Waals surface area contributed by atoms with E-state index in [4.69, 9.17) is 23.2 Å². The van der Waals surface area contributed by atoms with E-state index >= 15 is 0 Å². The molecule has 0 atom stereocenters. The molecule has 1 nitrogen and oxygen atoms in total. The molecule has 2 aromatic rings. The summed E-state index contributed by atoms with van der Waals surface area (Å²) in [4.78, 5) is 0. The summed E-state index contributed by atoms with van der Waals surface area (Å²) in [5, 5.41) is 1.30. The Kier molecular flexibility index (Phi) is 3.78. The summed E-state index contributed by atoms with van der Waals surface area (Å²) in [5.41, 5.74) is 0. The van der Waals surface area contributed by atoms with E-state index in [-0.39, 0.29) is 0 Å². The van der Waals surface area contributed by atoms with Gasteiger partial charge in [-0.05, 0) is 0 Å². The van der Waals surface area contributed by atoms with Crippen molar-refractivity contribution in [1.29, 1.82) is 0 Å². The second-order valence-corrected chi connectivity index (χ2v) is 7.16. The molecule has 0 spiro atoms. The SMILES string of the molecule is O=[Se](c1ccc(Cl)cc1)c1ccc(Cl)cc1. The average molecular weight is 318 g/mol. The first-order chi connectivity index (χ1) is 7.66. The second-order valence-electron chi connectivity index (χ2n) is 3.18. The van der Waals surface area contributed by atoms with E-state index in [0.29, 0.717) is 10.0 Å². The van der Waals surface area contributed by atoms with Crippen molar-refractivity contribution in [2.45, 2.75) is 0 Å². The fraction of sp³-hybridized carbons (Fsp3) is 0. The van der Waals surface area contributed by atoms with E-state index in [9.17, 15) is 3.83 Å². The first-order valence-corrected chi connectivity index (χ1v) is 7.76. The van der Waals surface area contributed by atoms with Gasteiger partial charge in [-0.2, -0.15) is 0 Å². The standard InChI is InChI=1S/C12H8Cl2OSe/c13-9-1-5-11(6-2-9)16(15)12-7-3-10(14)4-8-12/h1-8H. The molecule has 0 aliphatic heterocycles. The van der Waals surface area contributed by atoms with Crippen LogP contribution in [0.1, 0.15) is 0 Å². The molecule has 0 heterocycles. The Morgan fingerprint density at radius 1 is 0.688 bits per heavy atom. The van der Waals surface area contributed by atoms with Crippen molar-refractivity contribution >= 4 is 46.0 Å². The van der Waals surface area contributed by atoms with Gasteiger partial charge in [0, 0.05) is 0 Å². The van der Waals surface area contributed by atoms with Crippen molar-refractivity contribution in [3.05, 3.63) is 58.6 Å².